The van der Waals surface area contributed by atoms with E-state index in [2.05, 4.69) is 329 Å². The Kier molecular flexibility index (Phi) is 11.5. The Morgan fingerprint density at radius 2 is 0.651 bits per heavy atom. The minimum absolute atomic E-state index is 0.118. The number of aromatic nitrogens is 2. The van der Waals surface area contributed by atoms with Crippen LogP contribution in [0.1, 0.15) is 72.5 Å². The van der Waals surface area contributed by atoms with E-state index in [4.69, 9.17) is 0 Å². The van der Waals surface area contributed by atoms with Crippen molar-refractivity contribution in [3.63, 3.8) is 0 Å². The highest BCUT2D eigenvalue weighted by Gasteiger charge is 2.37. The van der Waals surface area contributed by atoms with Gasteiger partial charge in [0.2, 0.25) is 0 Å². The van der Waals surface area contributed by atoms with Gasteiger partial charge in [0.25, 0.3) is 0 Å². The highest BCUT2D eigenvalue weighted by Crippen LogP contribution is 2.53. The van der Waals surface area contributed by atoms with Gasteiger partial charge < -0.3 is 18.9 Å². The molecule has 0 amide bonds. The van der Waals surface area contributed by atoms with Crippen molar-refractivity contribution in [2.45, 2.75) is 66.2 Å². The van der Waals surface area contributed by atoms with Gasteiger partial charge in [-0.25, -0.2) is 0 Å². The normalized spacial score (nSPS) is 13.5. The van der Waals surface area contributed by atoms with Crippen molar-refractivity contribution >= 4 is 77.5 Å². The van der Waals surface area contributed by atoms with Gasteiger partial charge in [-0.15, -0.1) is 0 Å². The summed E-state index contributed by atoms with van der Waals surface area (Å²) in [4.78, 5) is 4.90. The van der Waals surface area contributed by atoms with E-state index in [-0.39, 0.29) is 10.8 Å². The second-order valence-corrected chi connectivity index (χ2v) is 25.1. The van der Waals surface area contributed by atoms with Crippen molar-refractivity contribution in [2.75, 3.05) is 9.80 Å². The van der Waals surface area contributed by atoms with Crippen LogP contribution in [0.3, 0.4) is 0 Å². The summed E-state index contributed by atoms with van der Waals surface area (Å²) in [5.41, 5.74) is 29.6. The molecule has 0 saturated carbocycles. The number of anilines is 6. The quantitative estimate of drug-likeness (QED) is 0.143. The van der Waals surface area contributed by atoms with Crippen LogP contribution in [-0.4, -0.2) is 9.13 Å². The molecule has 2 aliphatic carbocycles. The molecule has 4 nitrogen and oxygen atoms in total. The van der Waals surface area contributed by atoms with Crippen LogP contribution >= 0.6 is 0 Å². The van der Waals surface area contributed by atoms with Gasteiger partial charge in [0.1, 0.15) is 0 Å². The molecule has 0 N–H and O–H groups in total. The Labute approximate surface area is 504 Å². The van der Waals surface area contributed by atoms with E-state index >= 15 is 0 Å². The van der Waals surface area contributed by atoms with Crippen molar-refractivity contribution in [3.8, 4) is 44.8 Å². The first-order valence-electron chi connectivity index (χ1n) is 30.3. The Morgan fingerprint density at radius 1 is 0.291 bits per heavy atom. The first kappa shape index (κ1) is 51.5. The number of aryl methyl sites for hydroxylation is 2. The van der Waals surface area contributed by atoms with Crippen LogP contribution in [0.15, 0.2) is 255 Å². The molecule has 0 fully saturated rings. The second-order valence-electron chi connectivity index (χ2n) is 25.1. The van der Waals surface area contributed by atoms with Crippen LogP contribution in [0, 0.1) is 27.7 Å². The predicted molar refractivity (Wildman–Crippen MR) is 364 cm³/mol. The third-order valence-electron chi connectivity index (χ3n) is 19.8. The minimum atomic E-state index is -0.118. The lowest BCUT2D eigenvalue weighted by molar-refractivity contribution is 0.660. The molecule has 2 aliphatic rings. The van der Waals surface area contributed by atoms with Gasteiger partial charge in [-0.3, -0.25) is 0 Å². The minimum Gasteiger partial charge on any atom is -0.314 e. The molecule has 0 aliphatic heterocycles. The molecule has 414 valence electrons. The molecule has 0 unspecified atom stereocenters. The largest absolute Gasteiger partial charge is 0.314 e. The lowest BCUT2D eigenvalue weighted by Gasteiger charge is -2.29. The molecule has 14 aromatic rings. The van der Waals surface area contributed by atoms with Gasteiger partial charge in [0, 0.05) is 77.9 Å². The van der Waals surface area contributed by atoms with E-state index in [0.29, 0.717) is 0 Å². The van der Waals surface area contributed by atoms with Crippen LogP contribution in [0.2, 0.25) is 0 Å². The lowest BCUT2D eigenvalue weighted by Crippen LogP contribution is -2.16. The maximum atomic E-state index is 2.45. The van der Waals surface area contributed by atoms with Crippen molar-refractivity contribution in [1.29, 1.82) is 0 Å². The first-order valence-corrected chi connectivity index (χ1v) is 30.3. The van der Waals surface area contributed by atoms with Crippen molar-refractivity contribution in [3.05, 3.63) is 300 Å². The smallest absolute Gasteiger partial charge is 0.0540 e. The topological polar surface area (TPSA) is 16.3 Å². The molecule has 2 aromatic heterocycles. The summed E-state index contributed by atoms with van der Waals surface area (Å²) >= 11 is 0. The number of hydrogen-bond acceptors (Lipinski definition) is 2. The second kappa shape index (κ2) is 19.2. The molecule has 86 heavy (non-hydrogen) atoms. The van der Waals surface area contributed by atoms with Gasteiger partial charge >= 0.3 is 0 Å². The van der Waals surface area contributed by atoms with Crippen LogP contribution in [0.5, 0.6) is 0 Å². The molecule has 0 spiro atoms. The zero-order chi connectivity index (χ0) is 58.3. The summed E-state index contributed by atoms with van der Waals surface area (Å²) in [6, 6.07) is 95.2. The molecular formula is C82H66N4. The number of rotatable bonds is 9. The average Bonchev–Trinajstić information content (AvgIpc) is 1.91. The Balaban J connectivity index is 0.728. The summed E-state index contributed by atoms with van der Waals surface area (Å²) in [6.45, 7) is 18.5. The fraction of sp³-hybridized carbons (Fsp3) is 0.122. The summed E-state index contributed by atoms with van der Waals surface area (Å²) in [5, 5.41) is 7.41. The number of fused-ring (bicyclic) bond motifs is 10. The summed E-state index contributed by atoms with van der Waals surface area (Å²) in [6.07, 6.45) is 0. The Morgan fingerprint density at radius 3 is 1.08 bits per heavy atom. The van der Waals surface area contributed by atoms with Crippen LogP contribution in [0.25, 0.3) is 88.1 Å². The van der Waals surface area contributed by atoms with Gasteiger partial charge in [0.15, 0.2) is 0 Å². The summed E-state index contributed by atoms with van der Waals surface area (Å²) in [7, 11) is 0. The van der Waals surface area contributed by atoms with Crippen LogP contribution in [-0.2, 0) is 10.8 Å². The van der Waals surface area contributed by atoms with E-state index < -0.39 is 0 Å². The van der Waals surface area contributed by atoms with E-state index in [0.717, 1.165) is 45.5 Å². The summed E-state index contributed by atoms with van der Waals surface area (Å²) < 4.78 is 4.87. The SMILES string of the molecule is Cc1c(C)n(-c2ccc(N(c3ccc4c(c3)C(C)(C)c3ccccc3-4)c3cccc4ccccc34)cc2)c2ccc(-c3ccc4c(c3)c(C)c(C)n4-c3ccc(N(c4ccc5c(c4)C(C)(C)c4ccccc4-5)c4cccc5ccccc45)cc3)cc12. The zero-order valence-corrected chi connectivity index (χ0v) is 50.0. The van der Waals surface area contributed by atoms with Gasteiger partial charge in [-0.1, -0.05) is 173 Å². The van der Waals surface area contributed by atoms with E-state index in [9.17, 15) is 0 Å². The molecule has 2 heterocycles. The molecule has 0 saturated heterocycles. The lowest BCUT2D eigenvalue weighted by atomic mass is 9.82. The Hall–Kier alpha value is -10.2. The van der Waals surface area contributed by atoms with Gasteiger partial charge in [0.05, 0.1) is 22.4 Å². The number of benzene rings is 12. The monoisotopic (exact) mass is 1110 g/mol. The molecule has 0 bridgehead atoms. The van der Waals surface area contributed by atoms with E-state index in [1.165, 1.54) is 122 Å². The molecule has 4 heteroatoms. The predicted octanol–water partition coefficient (Wildman–Crippen LogP) is 22.3. The maximum absolute atomic E-state index is 2.45. The molecule has 12 aromatic carbocycles. The van der Waals surface area contributed by atoms with Crippen molar-refractivity contribution in [2.24, 2.45) is 0 Å². The molecule has 0 radical (unpaired) electrons. The number of nitrogens with zero attached hydrogens (tertiary/aromatic N) is 4. The molecule has 16 rings (SSSR count). The third-order valence-corrected chi connectivity index (χ3v) is 19.8. The van der Waals surface area contributed by atoms with E-state index in [1.807, 2.05) is 0 Å². The van der Waals surface area contributed by atoms with Crippen LogP contribution in [0.4, 0.5) is 34.1 Å². The van der Waals surface area contributed by atoms with Gasteiger partial charge in [-0.2, -0.15) is 0 Å². The zero-order valence-electron chi connectivity index (χ0n) is 50.0. The van der Waals surface area contributed by atoms with Crippen LogP contribution < -0.4 is 9.80 Å². The van der Waals surface area contributed by atoms with Crippen molar-refractivity contribution < 1.29 is 0 Å². The summed E-state index contributed by atoms with van der Waals surface area (Å²) in [5.74, 6) is 0. The molecular weight excluding hydrogens is 1040 g/mol. The highest BCUT2D eigenvalue weighted by atomic mass is 15.2. The standard InChI is InChI=1S/C82H66N4/c1-51-53(3)83(59-33-37-61(38-34-59)85(77-29-17-21-55-19-9-11-23-65(55)77)63-41-43-69-67-25-13-15-27-73(67)81(5,6)75(69)49-63)79-45-31-57(47-71(51)79)58-32-46-80-72(48-58)52(2)54(4)84(80)60-35-39-62(40-36-60)86(78-30-18-22-56-20-10-12-24-66(56)78)64-42-44-70-68-26-14-16-28-74(68)82(7,8)76(70)50-64/h9-50H,1-8H3. The molecule has 0 atom stereocenters. The maximum Gasteiger partial charge on any atom is 0.0540 e. The fourth-order valence-electron chi connectivity index (χ4n) is 15.0. The van der Waals surface area contributed by atoms with E-state index in [1.54, 1.807) is 0 Å². The first-order chi connectivity index (χ1) is 41.8. The fourth-order valence-corrected chi connectivity index (χ4v) is 15.0. The van der Waals surface area contributed by atoms with Crippen molar-refractivity contribution in [1.82, 2.24) is 9.13 Å². The number of hydrogen-bond donors (Lipinski definition) is 0. The van der Waals surface area contributed by atoms with Gasteiger partial charge in [-0.05, 0) is 214 Å². The third kappa shape index (κ3) is 7.68. The Bertz CT molecular complexity index is 4770. The average molecular weight is 1110 g/mol. The highest BCUT2D eigenvalue weighted by molar-refractivity contribution is 6.02.